The van der Waals surface area contributed by atoms with E-state index in [4.69, 9.17) is 10.5 Å². The van der Waals surface area contributed by atoms with Crippen molar-refractivity contribution in [2.24, 2.45) is 5.73 Å². The lowest BCUT2D eigenvalue weighted by atomic mass is 9.99. The zero-order valence-corrected chi connectivity index (χ0v) is 12.0. The number of methoxy groups -OCH3 is 1. The van der Waals surface area contributed by atoms with Crippen LogP contribution in [0.4, 0.5) is 0 Å². The lowest BCUT2D eigenvalue weighted by Crippen LogP contribution is -2.61. The molecule has 1 aliphatic heterocycles. The first kappa shape index (κ1) is 14.3. The molecule has 0 aromatic heterocycles. The molecule has 106 valence electrons. The Hall–Kier alpha value is -0.160. The Labute approximate surface area is 111 Å². The summed E-state index contributed by atoms with van der Waals surface area (Å²) in [6.45, 7) is 8.29. The van der Waals surface area contributed by atoms with Crippen LogP contribution in [0.2, 0.25) is 0 Å². The Morgan fingerprint density at radius 1 is 1.17 bits per heavy atom. The number of nitrogens with two attached hydrogens (primary N) is 1. The van der Waals surface area contributed by atoms with Gasteiger partial charge in [0.05, 0.1) is 12.1 Å². The molecule has 1 saturated carbocycles. The van der Waals surface area contributed by atoms with E-state index in [0.29, 0.717) is 6.54 Å². The predicted molar refractivity (Wildman–Crippen MR) is 74.7 cm³/mol. The van der Waals surface area contributed by atoms with E-state index in [1.165, 1.54) is 38.8 Å². The number of ether oxygens (including phenoxy) is 1. The predicted octanol–water partition coefficient (Wildman–Crippen LogP) is 0.910. The summed E-state index contributed by atoms with van der Waals surface area (Å²) in [5.41, 5.74) is 5.96. The fourth-order valence-corrected chi connectivity index (χ4v) is 3.49. The minimum Gasteiger partial charge on any atom is -0.383 e. The van der Waals surface area contributed by atoms with Gasteiger partial charge in [-0.05, 0) is 19.8 Å². The third-order valence-corrected chi connectivity index (χ3v) is 4.81. The van der Waals surface area contributed by atoms with Crippen LogP contribution >= 0.6 is 0 Å². The Morgan fingerprint density at radius 3 is 2.28 bits per heavy atom. The lowest BCUT2D eigenvalue weighted by Gasteiger charge is -2.46. The second-order valence-corrected chi connectivity index (χ2v) is 6.10. The normalized spacial score (nSPS) is 27.5. The van der Waals surface area contributed by atoms with Gasteiger partial charge in [0.15, 0.2) is 0 Å². The zero-order chi connectivity index (χ0) is 13.0. The summed E-state index contributed by atoms with van der Waals surface area (Å²) in [5, 5.41) is 0. The average Bonchev–Trinajstić information content (AvgIpc) is 2.93. The summed E-state index contributed by atoms with van der Waals surface area (Å²) in [5.74, 6) is 0. The van der Waals surface area contributed by atoms with Crippen LogP contribution in [0.3, 0.4) is 0 Å². The molecule has 0 radical (unpaired) electrons. The largest absolute Gasteiger partial charge is 0.383 e. The van der Waals surface area contributed by atoms with Gasteiger partial charge < -0.3 is 10.5 Å². The van der Waals surface area contributed by atoms with Crippen molar-refractivity contribution in [2.45, 2.75) is 44.2 Å². The summed E-state index contributed by atoms with van der Waals surface area (Å²) >= 11 is 0. The van der Waals surface area contributed by atoms with E-state index in [1.54, 1.807) is 7.11 Å². The van der Waals surface area contributed by atoms with Crippen molar-refractivity contribution in [3.05, 3.63) is 0 Å². The van der Waals surface area contributed by atoms with Crippen molar-refractivity contribution in [1.82, 2.24) is 9.80 Å². The van der Waals surface area contributed by atoms with Gasteiger partial charge in [0, 0.05) is 45.9 Å². The first-order chi connectivity index (χ1) is 8.69. The van der Waals surface area contributed by atoms with Gasteiger partial charge in [-0.1, -0.05) is 12.8 Å². The smallest absolute Gasteiger partial charge is 0.0656 e. The quantitative estimate of drug-likeness (QED) is 0.793. The summed E-state index contributed by atoms with van der Waals surface area (Å²) in [4.78, 5) is 5.20. The topological polar surface area (TPSA) is 41.7 Å². The van der Waals surface area contributed by atoms with Gasteiger partial charge in [-0.15, -0.1) is 0 Å². The maximum absolute atomic E-state index is 5.95. The summed E-state index contributed by atoms with van der Waals surface area (Å²) in [6.07, 6.45) is 5.67. The Balaban J connectivity index is 1.84. The van der Waals surface area contributed by atoms with Gasteiger partial charge >= 0.3 is 0 Å². The van der Waals surface area contributed by atoms with E-state index >= 15 is 0 Å². The van der Waals surface area contributed by atoms with Crippen LogP contribution in [-0.4, -0.2) is 67.8 Å². The van der Waals surface area contributed by atoms with Gasteiger partial charge in [0.1, 0.15) is 0 Å². The molecule has 2 N–H and O–H groups in total. The highest BCUT2D eigenvalue weighted by Gasteiger charge is 2.34. The number of hydrogen-bond acceptors (Lipinski definition) is 4. The molecule has 0 spiro atoms. The highest BCUT2D eigenvalue weighted by Crippen LogP contribution is 2.25. The molecular weight excluding hydrogens is 226 g/mol. The molecule has 18 heavy (non-hydrogen) atoms. The maximum Gasteiger partial charge on any atom is 0.0656 e. The molecule has 0 aromatic rings. The summed E-state index contributed by atoms with van der Waals surface area (Å²) in [6, 6.07) is 0.860. The molecule has 1 heterocycles. The molecule has 0 bridgehead atoms. The third kappa shape index (κ3) is 3.05. The van der Waals surface area contributed by atoms with Gasteiger partial charge in [-0.25, -0.2) is 0 Å². The number of nitrogens with zero attached hydrogens (tertiary/aromatic N) is 2. The van der Waals surface area contributed by atoms with Crippen LogP contribution in [0.15, 0.2) is 0 Å². The molecule has 2 aliphatic rings. The minimum absolute atomic E-state index is 0.0104. The monoisotopic (exact) mass is 255 g/mol. The van der Waals surface area contributed by atoms with Crippen molar-refractivity contribution in [3.63, 3.8) is 0 Å². The fourth-order valence-electron chi connectivity index (χ4n) is 3.49. The highest BCUT2D eigenvalue weighted by molar-refractivity contribution is 4.92. The molecule has 2 rings (SSSR count). The van der Waals surface area contributed by atoms with Gasteiger partial charge in [0.25, 0.3) is 0 Å². The molecule has 4 nitrogen and oxygen atoms in total. The molecule has 1 saturated heterocycles. The standard InChI is InChI=1S/C14H29N3O/c1-14(11-15,12-18-2)17-9-7-16(8-10-17)13-5-3-4-6-13/h13H,3-12,15H2,1-2H3. The molecule has 4 heteroatoms. The Bertz CT molecular complexity index is 247. The Kier molecular flexibility index (Phi) is 5.01. The van der Waals surface area contributed by atoms with E-state index in [2.05, 4.69) is 16.7 Å². The van der Waals surface area contributed by atoms with Crippen molar-refractivity contribution >= 4 is 0 Å². The molecular formula is C14H29N3O. The fraction of sp³-hybridized carbons (Fsp3) is 1.00. The van der Waals surface area contributed by atoms with Crippen molar-refractivity contribution < 1.29 is 4.74 Å². The van der Waals surface area contributed by atoms with Crippen LogP contribution in [0.1, 0.15) is 32.6 Å². The van der Waals surface area contributed by atoms with E-state index in [-0.39, 0.29) is 5.54 Å². The zero-order valence-electron chi connectivity index (χ0n) is 12.0. The highest BCUT2D eigenvalue weighted by atomic mass is 16.5. The van der Waals surface area contributed by atoms with Crippen molar-refractivity contribution in [3.8, 4) is 0 Å². The molecule has 0 aromatic carbocycles. The van der Waals surface area contributed by atoms with Gasteiger partial charge in [-0.3, -0.25) is 9.80 Å². The third-order valence-electron chi connectivity index (χ3n) is 4.81. The molecule has 2 fully saturated rings. The van der Waals surface area contributed by atoms with Crippen LogP contribution in [0.25, 0.3) is 0 Å². The van der Waals surface area contributed by atoms with Crippen molar-refractivity contribution in [1.29, 1.82) is 0 Å². The first-order valence-corrected chi connectivity index (χ1v) is 7.38. The molecule has 1 aliphatic carbocycles. The maximum atomic E-state index is 5.95. The van der Waals surface area contributed by atoms with E-state index < -0.39 is 0 Å². The van der Waals surface area contributed by atoms with Crippen LogP contribution < -0.4 is 5.73 Å². The summed E-state index contributed by atoms with van der Waals surface area (Å²) < 4.78 is 5.34. The van der Waals surface area contributed by atoms with Crippen LogP contribution in [-0.2, 0) is 4.74 Å². The van der Waals surface area contributed by atoms with E-state index in [0.717, 1.165) is 25.7 Å². The average molecular weight is 255 g/mol. The summed E-state index contributed by atoms with van der Waals surface area (Å²) in [7, 11) is 1.77. The number of piperazine rings is 1. The van der Waals surface area contributed by atoms with Crippen LogP contribution in [0.5, 0.6) is 0 Å². The Morgan fingerprint density at radius 2 is 1.78 bits per heavy atom. The van der Waals surface area contributed by atoms with Gasteiger partial charge in [0.2, 0.25) is 0 Å². The molecule has 1 atom stereocenters. The van der Waals surface area contributed by atoms with Gasteiger partial charge in [-0.2, -0.15) is 0 Å². The molecule has 0 amide bonds. The van der Waals surface area contributed by atoms with Crippen LogP contribution in [0, 0.1) is 0 Å². The lowest BCUT2D eigenvalue weighted by molar-refractivity contribution is -0.0112. The SMILES string of the molecule is COCC(C)(CN)N1CCN(C2CCCC2)CC1. The molecule has 1 unspecified atom stereocenters. The number of rotatable bonds is 5. The second-order valence-electron chi connectivity index (χ2n) is 6.10. The van der Waals surface area contributed by atoms with Crippen molar-refractivity contribution in [2.75, 3.05) is 46.4 Å². The van der Waals surface area contributed by atoms with E-state index in [1.807, 2.05) is 0 Å². The first-order valence-electron chi connectivity index (χ1n) is 7.38. The van der Waals surface area contributed by atoms with E-state index in [9.17, 15) is 0 Å². The minimum atomic E-state index is 0.0104. The second kappa shape index (κ2) is 6.33. The number of hydrogen-bond donors (Lipinski definition) is 1.